The Morgan fingerprint density at radius 2 is 1.66 bits per heavy atom. The van der Waals surface area contributed by atoms with E-state index in [2.05, 4.69) is 10.6 Å². The lowest BCUT2D eigenvalue weighted by Gasteiger charge is -2.27. The number of nitrogens with one attached hydrogen (secondary N) is 2. The molecule has 2 N–H and O–H groups in total. The lowest BCUT2D eigenvalue weighted by Crippen LogP contribution is -2.36. The molecule has 0 saturated heterocycles. The number of benzene rings is 2. The third kappa shape index (κ3) is 8.26. The number of hydrogen-bond donors (Lipinski definition) is 2. The molecule has 0 radical (unpaired) electrons. The second-order valence-corrected chi connectivity index (χ2v) is 8.28. The molecule has 0 aliphatic heterocycles. The summed E-state index contributed by atoms with van der Waals surface area (Å²) in [7, 11) is 0. The standard InChI is InChI=1S/C25H31N3O4/c1-6-28(24(31)32-25(3,4)5)17-20-9-7-8-10-22(20)27-23(30)16-13-19-11-14-21(15-12-19)26-18(2)29/h7-16H,6,17H2,1-5H3,(H,26,29)(H,27,30). The molecule has 7 heteroatoms. The molecule has 0 aliphatic rings. The van der Waals surface area contributed by atoms with E-state index < -0.39 is 11.7 Å². The lowest BCUT2D eigenvalue weighted by atomic mass is 10.1. The van der Waals surface area contributed by atoms with Gasteiger partial charge in [0.1, 0.15) is 5.60 Å². The fourth-order valence-electron chi connectivity index (χ4n) is 2.84. The highest BCUT2D eigenvalue weighted by atomic mass is 16.6. The van der Waals surface area contributed by atoms with E-state index in [1.165, 1.54) is 13.0 Å². The molecule has 32 heavy (non-hydrogen) atoms. The van der Waals surface area contributed by atoms with Crippen LogP contribution in [0.1, 0.15) is 45.7 Å². The molecule has 0 unspecified atom stereocenters. The van der Waals surface area contributed by atoms with Crippen molar-refractivity contribution in [2.75, 3.05) is 17.2 Å². The van der Waals surface area contributed by atoms with Gasteiger partial charge in [-0.15, -0.1) is 0 Å². The first-order valence-electron chi connectivity index (χ1n) is 10.5. The predicted molar refractivity (Wildman–Crippen MR) is 127 cm³/mol. The minimum Gasteiger partial charge on any atom is -0.444 e. The Kier molecular flexibility index (Phi) is 8.58. The number of anilines is 2. The van der Waals surface area contributed by atoms with Gasteiger partial charge in [0.15, 0.2) is 0 Å². The highest BCUT2D eigenvalue weighted by Crippen LogP contribution is 2.19. The van der Waals surface area contributed by atoms with Crippen molar-refractivity contribution in [2.45, 2.75) is 46.8 Å². The molecule has 0 aliphatic carbocycles. The van der Waals surface area contributed by atoms with Crippen molar-refractivity contribution in [3.63, 3.8) is 0 Å². The Hall–Kier alpha value is -3.61. The van der Waals surface area contributed by atoms with Gasteiger partial charge in [-0.1, -0.05) is 30.3 Å². The highest BCUT2D eigenvalue weighted by Gasteiger charge is 2.22. The number of carbonyl (C=O) groups excluding carboxylic acids is 3. The second-order valence-electron chi connectivity index (χ2n) is 8.28. The van der Waals surface area contributed by atoms with Crippen LogP contribution in [-0.2, 0) is 20.9 Å². The van der Waals surface area contributed by atoms with Gasteiger partial charge in [-0.25, -0.2) is 4.79 Å². The minimum absolute atomic E-state index is 0.139. The Balaban J connectivity index is 2.05. The second kappa shape index (κ2) is 11.1. The van der Waals surface area contributed by atoms with Gasteiger partial charge < -0.3 is 20.3 Å². The Bertz CT molecular complexity index is 975. The zero-order chi connectivity index (χ0) is 23.7. The number of ether oxygens (including phenoxy) is 1. The van der Waals surface area contributed by atoms with Crippen molar-refractivity contribution in [3.8, 4) is 0 Å². The molecule has 3 amide bonds. The summed E-state index contributed by atoms with van der Waals surface area (Å²) in [4.78, 5) is 37.6. The topological polar surface area (TPSA) is 87.7 Å². The average Bonchev–Trinajstić information content (AvgIpc) is 2.71. The van der Waals surface area contributed by atoms with E-state index in [-0.39, 0.29) is 11.8 Å². The number of hydrogen-bond acceptors (Lipinski definition) is 4. The molecule has 0 fully saturated rings. The van der Waals surface area contributed by atoms with Gasteiger partial charge in [-0.2, -0.15) is 0 Å². The van der Waals surface area contributed by atoms with Crippen LogP contribution in [0.25, 0.3) is 6.08 Å². The Morgan fingerprint density at radius 3 is 2.25 bits per heavy atom. The van der Waals surface area contributed by atoms with Crippen molar-refractivity contribution in [3.05, 3.63) is 65.7 Å². The third-order valence-electron chi connectivity index (χ3n) is 4.33. The van der Waals surface area contributed by atoms with Crippen LogP contribution >= 0.6 is 0 Å². The van der Waals surface area contributed by atoms with Gasteiger partial charge in [-0.3, -0.25) is 9.59 Å². The molecule has 2 aromatic rings. The van der Waals surface area contributed by atoms with Gasteiger partial charge in [0, 0.05) is 30.9 Å². The largest absolute Gasteiger partial charge is 0.444 e. The summed E-state index contributed by atoms with van der Waals surface area (Å²) in [6, 6.07) is 14.5. The minimum atomic E-state index is -0.580. The Labute approximate surface area is 189 Å². The first kappa shape index (κ1) is 24.7. The van der Waals surface area contributed by atoms with Gasteiger partial charge in [-0.05, 0) is 63.1 Å². The van der Waals surface area contributed by atoms with Crippen molar-refractivity contribution in [1.82, 2.24) is 4.90 Å². The molecule has 0 spiro atoms. The number of amides is 3. The van der Waals surface area contributed by atoms with E-state index in [4.69, 9.17) is 4.74 Å². The molecular weight excluding hydrogens is 406 g/mol. The molecule has 7 nitrogen and oxygen atoms in total. The maximum Gasteiger partial charge on any atom is 0.410 e. The molecule has 0 atom stereocenters. The molecule has 170 valence electrons. The molecule has 0 heterocycles. The highest BCUT2D eigenvalue weighted by molar-refractivity contribution is 6.02. The maximum atomic E-state index is 12.5. The summed E-state index contributed by atoms with van der Waals surface area (Å²) in [6.45, 7) is 9.60. The normalized spacial score (nSPS) is 11.2. The number of nitrogens with zero attached hydrogens (tertiary/aromatic N) is 1. The third-order valence-corrected chi connectivity index (χ3v) is 4.33. The summed E-state index contributed by atoms with van der Waals surface area (Å²) < 4.78 is 5.47. The summed E-state index contributed by atoms with van der Waals surface area (Å²) in [5.74, 6) is -0.427. The number of rotatable bonds is 7. The van der Waals surface area contributed by atoms with Crippen LogP contribution in [0.15, 0.2) is 54.6 Å². The van der Waals surface area contributed by atoms with Crippen LogP contribution in [0.2, 0.25) is 0 Å². The Morgan fingerprint density at radius 1 is 1.00 bits per heavy atom. The quantitative estimate of drug-likeness (QED) is 0.593. The van der Waals surface area contributed by atoms with E-state index in [1.807, 2.05) is 58.0 Å². The summed E-state index contributed by atoms with van der Waals surface area (Å²) in [5.41, 5.74) is 2.37. The van der Waals surface area contributed by atoms with E-state index >= 15 is 0 Å². The van der Waals surface area contributed by atoms with Crippen LogP contribution in [-0.4, -0.2) is 35.0 Å². The summed E-state index contributed by atoms with van der Waals surface area (Å²) in [5, 5.41) is 5.57. The van der Waals surface area contributed by atoms with E-state index in [0.717, 1.165) is 11.1 Å². The van der Waals surface area contributed by atoms with Crippen LogP contribution in [0.4, 0.5) is 16.2 Å². The van der Waals surface area contributed by atoms with Crippen molar-refractivity contribution < 1.29 is 19.1 Å². The predicted octanol–water partition coefficient (Wildman–Crippen LogP) is 5.05. The zero-order valence-corrected chi connectivity index (χ0v) is 19.3. The van der Waals surface area contributed by atoms with Gasteiger partial charge in [0.2, 0.25) is 11.8 Å². The molecule has 2 aromatic carbocycles. The summed E-state index contributed by atoms with van der Waals surface area (Å²) in [6.07, 6.45) is 2.73. The van der Waals surface area contributed by atoms with Crippen LogP contribution in [0.3, 0.4) is 0 Å². The van der Waals surface area contributed by atoms with E-state index in [1.54, 1.807) is 29.2 Å². The SMILES string of the molecule is CCN(Cc1ccccc1NC(=O)C=Cc1ccc(NC(C)=O)cc1)C(=O)OC(C)(C)C. The van der Waals surface area contributed by atoms with Gasteiger partial charge >= 0.3 is 6.09 Å². The molecule has 0 aromatic heterocycles. The van der Waals surface area contributed by atoms with Crippen LogP contribution < -0.4 is 10.6 Å². The van der Waals surface area contributed by atoms with Crippen LogP contribution in [0, 0.1) is 0 Å². The fraction of sp³-hybridized carbons (Fsp3) is 0.320. The van der Waals surface area contributed by atoms with Crippen LogP contribution in [0.5, 0.6) is 0 Å². The zero-order valence-electron chi connectivity index (χ0n) is 19.3. The lowest BCUT2D eigenvalue weighted by molar-refractivity contribution is -0.114. The molecule has 0 bridgehead atoms. The van der Waals surface area contributed by atoms with E-state index in [0.29, 0.717) is 24.5 Å². The van der Waals surface area contributed by atoms with Gasteiger partial charge in [0.25, 0.3) is 0 Å². The fourth-order valence-corrected chi connectivity index (χ4v) is 2.84. The molecular formula is C25H31N3O4. The van der Waals surface area contributed by atoms with Crippen molar-refractivity contribution in [2.24, 2.45) is 0 Å². The molecule has 0 saturated carbocycles. The van der Waals surface area contributed by atoms with Crippen molar-refractivity contribution in [1.29, 1.82) is 0 Å². The first-order valence-corrected chi connectivity index (χ1v) is 10.5. The summed E-state index contributed by atoms with van der Waals surface area (Å²) >= 11 is 0. The smallest absolute Gasteiger partial charge is 0.410 e. The number of para-hydroxylation sites is 1. The number of carbonyl (C=O) groups is 3. The maximum absolute atomic E-state index is 12.5. The van der Waals surface area contributed by atoms with E-state index in [9.17, 15) is 14.4 Å². The first-order chi connectivity index (χ1) is 15.1. The average molecular weight is 438 g/mol. The van der Waals surface area contributed by atoms with Crippen molar-refractivity contribution >= 4 is 35.4 Å². The monoisotopic (exact) mass is 437 g/mol. The molecule has 2 rings (SSSR count). The van der Waals surface area contributed by atoms with Gasteiger partial charge in [0.05, 0.1) is 6.54 Å².